The van der Waals surface area contributed by atoms with Gasteiger partial charge in [0.25, 0.3) is 0 Å². The van der Waals surface area contributed by atoms with Crippen LogP contribution in [0.4, 0.5) is 0 Å². The number of aromatic nitrogens is 1. The molecule has 2 fully saturated rings. The molecule has 1 aromatic heterocycles. The van der Waals surface area contributed by atoms with Gasteiger partial charge in [0.05, 0.1) is 0 Å². The van der Waals surface area contributed by atoms with E-state index in [1.807, 2.05) is 12.1 Å². The van der Waals surface area contributed by atoms with Crippen molar-refractivity contribution in [3.8, 4) is 0 Å². The lowest BCUT2D eigenvalue weighted by atomic mass is 10.1. The van der Waals surface area contributed by atoms with Crippen LogP contribution in [0.15, 0.2) is 24.5 Å². The second kappa shape index (κ2) is 7.76. The summed E-state index contributed by atoms with van der Waals surface area (Å²) in [5.74, 6) is 0.318. The number of halogens is 1. The highest BCUT2D eigenvalue weighted by Crippen LogP contribution is 2.29. The third-order valence-electron chi connectivity index (χ3n) is 4.28. The first kappa shape index (κ1) is 16.2. The number of carbonyl (C=O) groups excluding carboxylic acids is 1. The molecule has 1 saturated carbocycles. The summed E-state index contributed by atoms with van der Waals surface area (Å²) in [5.41, 5.74) is 1.18. The highest BCUT2D eigenvalue weighted by Gasteiger charge is 2.32. The number of carbonyl (C=O) groups is 1. The number of rotatable bonds is 6. The quantitative estimate of drug-likeness (QED) is 0.878. The fraction of sp³-hybridized carbons (Fsp3) is 0.625. The fourth-order valence-corrected chi connectivity index (χ4v) is 2.94. The summed E-state index contributed by atoms with van der Waals surface area (Å²) in [4.78, 5) is 18.6. The number of pyridine rings is 1. The molecule has 0 bridgehead atoms. The van der Waals surface area contributed by atoms with Gasteiger partial charge in [-0.15, -0.1) is 12.4 Å². The van der Waals surface area contributed by atoms with E-state index in [1.165, 1.54) is 31.2 Å². The normalized spacial score (nSPS) is 20.9. The summed E-state index contributed by atoms with van der Waals surface area (Å²) in [6.07, 6.45) is 10.1. The Morgan fingerprint density at radius 3 is 2.67 bits per heavy atom. The molecule has 1 saturated heterocycles. The van der Waals surface area contributed by atoms with Crippen LogP contribution < -0.4 is 5.32 Å². The zero-order valence-electron chi connectivity index (χ0n) is 12.3. The van der Waals surface area contributed by atoms with Crippen molar-refractivity contribution in [3.05, 3.63) is 30.1 Å². The molecule has 1 aliphatic heterocycles. The predicted octanol–water partition coefficient (Wildman–Crippen LogP) is 2.53. The molecule has 2 aliphatic rings. The molecule has 1 aromatic rings. The molecule has 1 amide bonds. The second-order valence-corrected chi connectivity index (χ2v) is 5.94. The van der Waals surface area contributed by atoms with E-state index in [-0.39, 0.29) is 12.4 Å². The molecule has 1 atom stereocenters. The van der Waals surface area contributed by atoms with Crippen molar-refractivity contribution in [1.82, 2.24) is 15.2 Å². The lowest BCUT2D eigenvalue weighted by molar-refractivity contribution is -0.132. The van der Waals surface area contributed by atoms with E-state index in [1.54, 1.807) is 12.4 Å². The van der Waals surface area contributed by atoms with Crippen LogP contribution in [0.1, 0.15) is 44.1 Å². The molecule has 2 heterocycles. The molecular formula is C16H24ClN3O. The number of hydrogen-bond donors (Lipinski definition) is 1. The molecule has 4 nitrogen and oxygen atoms in total. The number of nitrogens with one attached hydrogen (secondary N) is 1. The van der Waals surface area contributed by atoms with Gasteiger partial charge in [-0.1, -0.05) is 0 Å². The van der Waals surface area contributed by atoms with E-state index in [2.05, 4.69) is 15.2 Å². The van der Waals surface area contributed by atoms with Crippen LogP contribution >= 0.6 is 12.4 Å². The van der Waals surface area contributed by atoms with Crippen molar-refractivity contribution in [2.75, 3.05) is 6.54 Å². The summed E-state index contributed by atoms with van der Waals surface area (Å²) in [6.45, 7) is 1.85. The standard InChI is InChI=1S/C16H23N3O.ClH/c20-16(6-3-14-2-1-9-18-14)19(15-4-5-15)12-13-7-10-17-11-8-13;/h7-8,10-11,14-15,18H,1-6,9,12H2;1H. The largest absolute Gasteiger partial charge is 0.335 e. The number of hydrogen-bond acceptors (Lipinski definition) is 3. The molecule has 1 aliphatic carbocycles. The minimum Gasteiger partial charge on any atom is -0.335 e. The van der Waals surface area contributed by atoms with Crippen LogP contribution in [0.2, 0.25) is 0 Å². The summed E-state index contributed by atoms with van der Waals surface area (Å²) in [5, 5.41) is 3.47. The molecule has 1 unspecified atom stereocenters. The van der Waals surface area contributed by atoms with Crippen molar-refractivity contribution in [2.24, 2.45) is 0 Å². The fourth-order valence-electron chi connectivity index (χ4n) is 2.94. The zero-order valence-corrected chi connectivity index (χ0v) is 13.1. The van der Waals surface area contributed by atoms with Gasteiger partial charge >= 0.3 is 0 Å². The van der Waals surface area contributed by atoms with E-state index < -0.39 is 0 Å². The minimum atomic E-state index is 0. The smallest absolute Gasteiger partial charge is 0.223 e. The molecule has 0 spiro atoms. The Bertz CT molecular complexity index is 444. The van der Waals surface area contributed by atoms with Gasteiger partial charge in [0.2, 0.25) is 5.91 Å². The van der Waals surface area contributed by atoms with Gasteiger partial charge in [-0.05, 0) is 56.3 Å². The van der Waals surface area contributed by atoms with Gasteiger partial charge in [-0.25, -0.2) is 0 Å². The first-order valence-electron chi connectivity index (χ1n) is 7.74. The van der Waals surface area contributed by atoms with Crippen molar-refractivity contribution >= 4 is 18.3 Å². The highest BCUT2D eigenvalue weighted by molar-refractivity contribution is 5.85. The van der Waals surface area contributed by atoms with E-state index in [0.29, 0.717) is 24.4 Å². The van der Waals surface area contributed by atoms with Crippen molar-refractivity contribution in [2.45, 2.75) is 57.2 Å². The van der Waals surface area contributed by atoms with E-state index in [4.69, 9.17) is 0 Å². The molecule has 0 radical (unpaired) electrons. The first-order valence-corrected chi connectivity index (χ1v) is 7.74. The Morgan fingerprint density at radius 1 is 1.29 bits per heavy atom. The third kappa shape index (κ3) is 4.68. The topological polar surface area (TPSA) is 45.2 Å². The molecule has 3 rings (SSSR count). The Labute approximate surface area is 132 Å². The van der Waals surface area contributed by atoms with E-state index in [9.17, 15) is 4.79 Å². The van der Waals surface area contributed by atoms with Gasteiger partial charge in [-0.3, -0.25) is 9.78 Å². The second-order valence-electron chi connectivity index (χ2n) is 5.94. The maximum Gasteiger partial charge on any atom is 0.223 e. The number of amides is 1. The Hall–Kier alpha value is -1.13. The average Bonchev–Trinajstić information content (AvgIpc) is 3.19. The lowest BCUT2D eigenvalue weighted by Gasteiger charge is -2.23. The minimum absolute atomic E-state index is 0. The monoisotopic (exact) mass is 309 g/mol. The van der Waals surface area contributed by atoms with Crippen molar-refractivity contribution in [1.29, 1.82) is 0 Å². The lowest BCUT2D eigenvalue weighted by Crippen LogP contribution is -2.33. The van der Waals surface area contributed by atoms with Crippen LogP contribution in [-0.2, 0) is 11.3 Å². The van der Waals surface area contributed by atoms with Crippen LogP contribution in [-0.4, -0.2) is 34.4 Å². The summed E-state index contributed by atoms with van der Waals surface area (Å²) < 4.78 is 0. The van der Waals surface area contributed by atoms with Crippen molar-refractivity contribution in [3.63, 3.8) is 0 Å². The molecule has 0 aromatic carbocycles. The van der Waals surface area contributed by atoms with Crippen LogP contribution in [0.5, 0.6) is 0 Å². The zero-order chi connectivity index (χ0) is 13.8. The van der Waals surface area contributed by atoms with E-state index >= 15 is 0 Å². The van der Waals surface area contributed by atoms with Gasteiger partial charge in [0, 0.05) is 37.4 Å². The van der Waals surface area contributed by atoms with Crippen LogP contribution in [0.3, 0.4) is 0 Å². The van der Waals surface area contributed by atoms with Gasteiger partial charge in [0.15, 0.2) is 0 Å². The Morgan fingerprint density at radius 2 is 2.05 bits per heavy atom. The molecule has 5 heteroatoms. The van der Waals surface area contributed by atoms with Gasteiger partial charge < -0.3 is 10.2 Å². The molecule has 116 valence electrons. The SMILES string of the molecule is Cl.O=C(CCC1CCCN1)N(Cc1ccncc1)C1CC1. The Balaban J connectivity index is 0.00000161. The van der Waals surface area contributed by atoms with Crippen molar-refractivity contribution < 1.29 is 4.79 Å². The maximum atomic E-state index is 12.5. The summed E-state index contributed by atoms with van der Waals surface area (Å²) >= 11 is 0. The number of nitrogens with zero attached hydrogens (tertiary/aromatic N) is 2. The molecule has 1 N–H and O–H groups in total. The summed E-state index contributed by atoms with van der Waals surface area (Å²) in [7, 11) is 0. The van der Waals surface area contributed by atoms with Crippen LogP contribution in [0, 0.1) is 0 Å². The van der Waals surface area contributed by atoms with E-state index in [0.717, 1.165) is 19.5 Å². The van der Waals surface area contributed by atoms with Gasteiger partial charge in [0.1, 0.15) is 0 Å². The third-order valence-corrected chi connectivity index (χ3v) is 4.28. The van der Waals surface area contributed by atoms with Crippen LogP contribution in [0.25, 0.3) is 0 Å². The average molecular weight is 310 g/mol. The maximum absolute atomic E-state index is 12.5. The first-order chi connectivity index (χ1) is 9.83. The highest BCUT2D eigenvalue weighted by atomic mass is 35.5. The van der Waals surface area contributed by atoms with Gasteiger partial charge in [-0.2, -0.15) is 0 Å². The predicted molar refractivity (Wildman–Crippen MR) is 85.3 cm³/mol. The molecule has 21 heavy (non-hydrogen) atoms. The molecular weight excluding hydrogens is 286 g/mol. The summed E-state index contributed by atoms with van der Waals surface area (Å²) in [6, 6.07) is 5.04. The Kier molecular flexibility index (Phi) is 6.00.